The van der Waals surface area contributed by atoms with Gasteiger partial charge in [0.1, 0.15) is 18.5 Å². The topological polar surface area (TPSA) is 29.5 Å². The highest BCUT2D eigenvalue weighted by Gasteiger charge is 2.31. The molecule has 0 amide bonds. The number of hydrogen-bond acceptors (Lipinski definition) is 2. The van der Waals surface area contributed by atoms with Crippen LogP contribution in [0.25, 0.3) is 11.1 Å². The molecule has 2 nitrogen and oxygen atoms in total. The lowest BCUT2D eigenvalue weighted by molar-refractivity contribution is -0.328. The van der Waals surface area contributed by atoms with Crippen LogP contribution in [0.2, 0.25) is 0 Å². The van der Waals surface area contributed by atoms with E-state index >= 15 is 0 Å². The standard InChI is InChI=1S/C26H38IO2.C24H20B/c1-2-3-4-5-6-7-8-9-10-11-14-24(28)21-29-26-16-13-12-15-25(26)22-17-19-23(27)20-18-22;1-5-13-21(14-6-1)25(22-15-7-2-8-16-22,23-17-9-3-10-18-23)24-19-11-4-12-20-24/h12-13,15-20,24,27-28H,2-11,14,21H2,1H3;1-20H/q+1;-1. The summed E-state index contributed by atoms with van der Waals surface area (Å²) in [5.74, 6) is 0.847. The molecule has 0 aliphatic heterocycles. The van der Waals surface area contributed by atoms with E-state index in [-0.39, 0.29) is 0 Å². The third kappa shape index (κ3) is 11.9. The van der Waals surface area contributed by atoms with Gasteiger partial charge in [0.2, 0.25) is 0 Å². The Bertz CT molecular complexity index is 1700. The third-order valence-electron chi connectivity index (χ3n) is 10.6. The molecule has 6 rings (SSSR count). The van der Waals surface area contributed by atoms with Crippen LogP contribution in [-0.2, 0) is 0 Å². The Morgan fingerprint density at radius 1 is 0.481 bits per heavy atom. The Labute approximate surface area is 339 Å². The minimum atomic E-state index is -1.22. The van der Waals surface area contributed by atoms with Crippen molar-refractivity contribution < 1.29 is 32.4 Å². The number of aliphatic hydroxyl groups excluding tert-OH is 1. The van der Waals surface area contributed by atoms with E-state index in [0.717, 1.165) is 29.7 Å². The lowest BCUT2D eigenvalue weighted by atomic mass is 9.13. The predicted molar refractivity (Wildman–Crippen MR) is 230 cm³/mol. The van der Waals surface area contributed by atoms with Gasteiger partial charge in [-0.15, -0.1) is 0 Å². The van der Waals surface area contributed by atoms with Crippen LogP contribution in [0.5, 0.6) is 5.75 Å². The van der Waals surface area contributed by atoms with Crippen molar-refractivity contribution in [3.05, 3.63) is 173 Å². The van der Waals surface area contributed by atoms with E-state index in [2.05, 4.69) is 159 Å². The fourth-order valence-corrected chi connectivity index (χ4v) is 8.11. The average Bonchev–Trinajstić information content (AvgIpc) is 3.23. The van der Waals surface area contributed by atoms with Gasteiger partial charge < -0.3 is 9.84 Å². The Balaban J connectivity index is 0.000000209. The molecule has 0 saturated carbocycles. The zero-order valence-electron chi connectivity index (χ0n) is 32.1. The van der Waals surface area contributed by atoms with Gasteiger partial charge in [0.05, 0.1) is 6.10 Å². The van der Waals surface area contributed by atoms with Gasteiger partial charge in [0.15, 0.2) is 3.57 Å². The highest BCUT2D eigenvalue weighted by Crippen LogP contribution is 2.29. The largest absolute Gasteiger partial charge is 0.490 e. The SMILES string of the molecule is CCCCCCCCCCCCC(O)COc1ccccc1-c1ccc([IH+])cc1.c1ccc([B-](c2ccccc2)(c2ccccc2)c2ccccc2)cc1. The van der Waals surface area contributed by atoms with E-state index in [1.54, 1.807) is 0 Å². The molecule has 1 N–H and O–H groups in total. The molecule has 0 aliphatic rings. The van der Waals surface area contributed by atoms with Gasteiger partial charge in [-0.1, -0.05) is 211 Å². The fraction of sp³-hybridized carbons (Fsp3) is 0.280. The summed E-state index contributed by atoms with van der Waals surface area (Å²) < 4.78 is 7.24. The van der Waals surface area contributed by atoms with Crippen LogP contribution in [0.4, 0.5) is 0 Å². The molecule has 280 valence electrons. The van der Waals surface area contributed by atoms with Crippen molar-refractivity contribution in [1.82, 2.24) is 0 Å². The molecular formula is C50H58BIO2. The van der Waals surface area contributed by atoms with E-state index in [0.29, 0.717) is 6.61 Å². The summed E-state index contributed by atoms with van der Waals surface area (Å²) in [6, 6.07) is 60.1. The zero-order valence-corrected chi connectivity index (χ0v) is 34.4. The second kappa shape index (κ2) is 22.9. The van der Waals surface area contributed by atoms with E-state index < -0.39 is 12.2 Å². The lowest BCUT2D eigenvalue weighted by Gasteiger charge is -2.44. The summed E-state index contributed by atoms with van der Waals surface area (Å²) in [5.41, 5.74) is 7.59. The van der Waals surface area contributed by atoms with Crippen LogP contribution >= 0.6 is 0 Å². The van der Waals surface area contributed by atoms with Gasteiger partial charge in [-0.05, 0) is 42.3 Å². The number of unbranched alkanes of at least 4 members (excludes halogenated alkanes) is 9. The van der Waals surface area contributed by atoms with Gasteiger partial charge in [-0.3, -0.25) is 0 Å². The summed E-state index contributed by atoms with van der Waals surface area (Å²) in [4.78, 5) is 0. The summed E-state index contributed by atoms with van der Waals surface area (Å²) in [6.07, 6.45) is 12.4. The quantitative estimate of drug-likeness (QED) is 0.0547. The molecule has 0 bridgehead atoms. The van der Waals surface area contributed by atoms with Gasteiger partial charge >= 0.3 is 0 Å². The van der Waals surface area contributed by atoms with E-state index in [9.17, 15) is 5.11 Å². The second-order valence-electron chi connectivity index (χ2n) is 14.5. The maximum Gasteiger partial charge on any atom is 0.296 e. The monoisotopic (exact) mass is 828 g/mol. The van der Waals surface area contributed by atoms with Crippen LogP contribution in [0.3, 0.4) is 0 Å². The van der Waals surface area contributed by atoms with Crippen LogP contribution in [0, 0.1) is 3.57 Å². The van der Waals surface area contributed by atoms with Crippen molar-refractivity contribution in [1.29, 1.82) is 0 Å². The van der Waals surface area contributed by atoms with Crippen molar-refractivity contribution in [3.63, 3.8) is 0 Å². The number of aliphatic hydroxyl groups is 1. The fourth-order valence-electron chi connectivity index (χ4n) is 7.72. The number of para-hydroxylation sites is 1. The molecule has 0 aliphatic carbocycles. The number of ether oxygens (including phenoxy) is 1. The van der Waals surface area contributed by atoms with Crippen molar-refractivity contribution in [3.8, 4) is 16.9 Å². The summed E-state index contributed by atoms with van der Waals surface area (Å²) in [6.45, 7) is 2.63. The minimum absolute atomic E-state index is 0.362. The summed E-state index contributed by atoms with van der Waals surface area (Å²) in [7, 11) is 0. The first-order valence-corrected chi connectivity index (χ1v) is 21.3. The van der Waals surface area contributed by atoms with E-state index in [1.165, 1.54) is 83.2 Å². The Morgan fingerprint density at radius 2 is 0.870 bits per heavy atom. The van der Waals surface area contributed by atoms with Crippen molar-refractivity contribution >= 4 is 28.0 Å². The summed E-state index contributed by atoms with van der Waals surface area (Å²) >= 11 is 2.02. The number of halogens is 1. The van der Waals surface area contributed by atoms with Gasteiger partial charge in [0, 0.05) is 5.56 Å². The normalized spacial score (nSPS) is 11.7. The molecule has 6 aromatic rings. The van der Waals surface area contributed by atoms with Crippen molar-refractivity contribution in [2.45, 2.75) is 83.7 Å². The molecule has 6 aromatic carbocycles. The first-order valence-electron chi connectivity index (χ1n) is 20.2. The zero-order chi connectivity index (χ0) is 37.7. The lowest BCUT2D eigenvalue weighted by Crippen LogP contribution is -3.34. The van der Waals surface area contributed by atoms with E-state index in [4.69, 9.17) is 4.74 Å². The maximum atomic E-state index is 10.3. The Morgan fingerprint density at radius 3 is 1.31 bits per heavy atom. The Kier molecular flexibility index (Phi) is 17.4. The van der Waals surface area contributed by atoms with Crippen LogP contribution < -0.4 is 49.2 Å². The average molecular weight is 829 g/mol. The van der Waals surface area contributed by atoms with Crippen LogP contribution in [-0.4, -0.2) is 24.0 Å². The molecule has 4 heteroatoms. The minimum Gasteiger partial charge on any atom is -0.490 e. The highest BCUT2D eigenvalue weighted by molar-refractivity contribution is 7.19. The van der Waals surface area contributed by atoms with Crippen molar-refractivity contribution in [2.24, 2.45) is 0 Å². The summed E-state index contributed by atoms with van der Waals surface area (Å²) in [5, 5.41) is 10.3. The first-order chi connectivity index (χ1) is 26.6. The number of hydrogen-bond donors (Lipinski definition) is 1. The van der Waals surface area contributed by atoms with Crippen LogP contribution in [0.15, 0.2) is 170 Å². The molecular weight excluding hydrogens is 770 g/mol. The molecule has 0 aromatic heterocycles. The smallest absolute Gasteiger partial charge is 0.296 e. The molecule has 0 saturated heterocycles. The molecule has 0 spiro atoms. The first kappa shape index (κ1) is 41.0. The van der Waals surface area contributed by atoms with Gasteiger partial charge in [-0.25, -0.2) is 0 Å². The van der Waals surface area contributed by atoms with E-state index in [1.807, 2.05) is 40.8 Å². The van der Waals surface area contributed by atoms with Gasteiger partial charge in [0.25, 0.3) is 22.6 Å². The molecule has 0 radical (unpaired) electrons. The van der Waals surface area contributed by atoms with Crippen LogP contribution in [0.1, 0.15) is 77.6 Å². The third-order valence-corrected chi connectivity index (χ3v) is 11.3. The molecule has 0 fully saturated rings. The number of rotatable bonds is 19. The van der Waals surface area contributed by atoms with Gasteiger partial charge in [-0.2, -0.15) is 21.9 Å². The Hall–Kier alpha value is -4.13. The predicted octanol–water partition coefficient (Wildman–Crippen LogP) is 6.92. The van der Waals surface area contributed by atoms with Crippen molar-refractivity contribution in [2.75, 3.05) is 6.61 Å². The number of benzene rings is 6. The molecule has 54 heavy (non-hydrogen) atoms. The molecule has 1 atom stereocenters. The second-order valence-corrected chi connectivity index (χ2v) is 15.8. The molecule has 0 heterocycles. The highest BCUT2D eigenvalue weighted by atomic mass is 127. The maximum absolute atomic E-state index is 10.3. The molecule has 1 unspecified atom stereocenters.